The molecule has 5 fully saturated rings. The number of rotatable bonds is 8. The second-order valence-corrected chi connectivity index (χ2v) is 16.7. The van der Waals surface area contributed by atoms with Crippen LogP contribution in [0.2, 0.25) is 0 Å². The molecule has 0 unspecified atom stereocenters. The molecule has 0 radical (unpaired) electrons. The molecule has 238 valence electrons. The fourth-order valence-corrected chi connectivity index (χ4v) is 9.01. The van der Waals surface area contributed by atoms with E-state index in [0.29, 0.717) is 31.1 Å². The van der Waals surface area contributed by atoms with Gasteiger partial charge in [0, 0.05) is 23.6 Å². The third-order valence-corrected chi connectivity index (χ3v) is 12.1. The second kappa shape index (κ2) is 9.71. The zero-order valence-corrected chi connectivity index (χ0v) is 27.0. The van der Waals surface area contributed by atoms with Crippen LogP contribution in [0.3, 0.4) is 0 Å². The number of allylic oxidation sites excluding steroid dienone is 2. The van der Waals surface area contributed by atoms with Crippen molar-refractivity contribution < 1.29 is 23.9 Å². The summed E-state index contributed by atoms with van der Waals surface area (Å²) in [7, 11) is 0. The van der Waals surface area contributed by atoms with E-state index < -0.39 is 16.9 Å². The molecular weight excluding hydrogens is 557 g/mol. The molecule has 1 spiro atoms. The summed E-state index contributed by atoms with van der Waals surface area (Å²) < 4.78 is 19.8. The monoisotopic (exact) mass is 605 g/mol. The highest BCUT2D eigenvalue weighted by molar-refractivity contribution is 5.96. The Hall–Kier alpha value is -2.58. The van der Waals surface area contributed by atoms with E-state index >= 15 is 0 Å². The summed E-state index contributed by atoms with van der Waals surface area (Å²) in [4.78, 5) is 20.6. The molecule has 0 aliphatic heterocycles. The number of hydrogen-bond donors (Lipinski definition) is 2. The molecule has 2 N–H and O–H groups in total. The number of aromatic nitrogens is 2. The smallest absolute Gasteiger partial charge is 0.263 e. The van der Waals surface area contributed by atoms with Gasteiger partial charge in [0.05, 0.1) is 11.2 Å². The van der Waals surface area contributed by atoms with Gasteiger partial charge in [-0.1, -0.05) is 23.4 Å². The van der Waals surface area contributed by atoms with Crippen molar-refractivity contribution in [3.8, 4) is 0 Å². The molecule has 1 amide bonds. The Bertz CT molecular complexity index is 1460. The molecule has 5 saturated carbocycles. The number of aliphatic hydroxyl groups is 2. The van der Waals surface area contributed by atoms with Crippen LogP contribution >= 0.6 is 0 Å². The largest absolute Gasteiger partial charge is 0.390 e. The van der Waals surface area contributed by atoms with Crippen molar-refractivity contribution in [3.05, 3.63) is 47.6 Å². The minimum absolute atomic E-state index is 0.00341. The number of fused-ring (bicyclic) bond motifs is 3. The van der Waals surface area contributed by atoms with Crippen molar-refractivity contribution in [1.29, 1.82) is 0 Å². The molecule has 1 aromatic heterocycles. The van der Waals surface area contributed by atoms with Crippen molar-refractivity contribution in [2.24, 2.45) is 22.7 Å². The molecule has 44 heavy (non-hydrogen) atoms. The quantitative estimate of drug-likeness (QED) is 0.336. The maximum absolute atomic E-state index is 14.5. The minimum atomic E-state index is -1.66. The molecule has 6 aliphatic carbocycles. The molecule has 1 heterocycles. The van der Waals surface area contributed by atoms with Crippen molar-refractivity contribution in [1.82, 2.24) is 10.1 Å². The summed E-state index contributed by atoms with van der Waals surface area (Å²) in [5.41, 5.74) is 0.417. The zero-order chi connectivity index (χ0) is 31.3. The van der Waals surface area contributed by atoms with Crippen molar-refractivity contribution in [3.63, 3.8) is 0 Å². The first kappa shape index (κ1) is 30.1. The van der Waals surface area contributed by atoms with E-state index in [0.717, 1.165) is 63.5 Å². The SMILES string of the molecule is CC(C)(F)c1nc(C23CCC(CN(c4cccc(C5=CC6(C5)CC(C(C)(C)O)C6)c4)C(=O)[C@H]4C[C@@](C)(O)C4)(CC2)CC3)no1. The van der Waals surface area contributed by atoms with Crippen LogP contribution in [0, 0.1) is 22.7 Å². The molecule has 2 aromatic rings. The van der Waals surface area contributed by atoms with Crippen LogP contribution in [0.25, 0.3) is 5.57 Å². The van der Waals surface area contributed by atoms with E-state index in [-0.39, 0.29) is 34.0 Å². The van der Waals surface area contributed by atoms with Crippen LogP contribution in [0.15, 0.2) is 34.9 Å². The number of nitrogens with zero attached hydrogens (tertiary/aromatic N) is 3. The first-order valence-corrected chi connectivity index (χ1v) is 16.6. The van der Waals surface area contributed by atoms with Crippen LogP contribution in [0.5, 0.6) is 0 Å². The Labute approximate surface area is 260 Å². The van der Waals surface area contributed by atoms with Gasteiger partial charge in [0.1, 0.15) is 0 Å². The number of anilines is 1. The minimum Gasteiger partial charge on any atom is -0.390 e. The first-order valence-electron chi connectivity index (χ1n) is 16.6. The maximum Gasteiger partial charge on any atom is 0.263 e. The third-order valence-electron chi connectivity index (χ3n) is 12.1. The van der Waals surface area contributed by atoms with E-state index in [2.05, 4.69) is 40.5 Å². The average molecular weight is 606 g/mol. The average Bonchev–Trinajstić information content (AvgIpc) is 3.41. The second-order valence-electron chi connectivity index (χ2n) is 16.7. The van der Waals surface area contributed by atoms with E-state index in [4.69, 9.17) is 4.52 Å². The Morgan fingerprint density at radius 2 is 1.70 bits per heavy atom. The molecule has 8 heteroatoms. The fraction of sp³-hybridized carbons (Fsp3) is 0.694. The van der Waals surface area contributed by atoms with Gasteiger partial charge in [-0.25, -0.2) is 4.39 Å². The number of halogens is 1. The molecule has 0 atom stereocenters. The number of amides is 1. The lowest BCUT2D eigenvalue weighted by Crippen LogP contribution is -2.54. The normalized spacial score (nSPS) is 36.3. The Morgan fingerprint density at radius 3 is 2.25 bits per heavy atom. The van der Waals surface area contributed by atoms with Crippen LogP contribution < -0.4 is 4.90 Å². The van der Waals surface area contributed by atoms with Gasteiger partial charge >= 0.3 is 0 Å². The van der Waals surface area contributed by atoms with E-state index in [9.17, 15) is 19.4 Å². The summed E-state index contributed by atoms with van der Waals surface area (Å²) in [6, 6.07) is 8.47. The Balaban J connectivity index is 1.10. The molecule has 8 rings (SSSR count). The predicted molar refractivity (Wildman–Crippen MR) is 166 cm³/mol. The van der Waals surface area contributed by atoms with Crippen molar-refractivity contribution in [2.75, 3.05) is 11.4 Å². The molecular formula is C36H48FN3O4. The van der Waals surface area contributed by atoms with Crippen LogP contribution in [0.4, 0.5) is 10.1 Å². The highest BCUT2D eigenvalue weighted by Gasteiger charge is 2.54. The Morgan fingerprint density at radius 1 is 1.07 bits per heavy atom. The molecule has 7 nitrogen and oxygen atoms in total. The summed E-state index contributed by atoms with van der Waals surface area (Å²) in [6.45, 7) is 9.19. The Kier molecular flexibility index (Phi) is 6.64. The summed E-state index contributed by atoms with van der Waals surface area (Å²) in [5.74, 6) is 0.971. The van der Waals surface area contributed by atoms with Crippen LogP contribution in [-0.4, -0.2) is 44.0 Å². The van der Waals surface area contributed by atoms with Gasteiger partial charge in [-0.05, 0) is 145 Å². The molecule has 1 aromatic carbocycles. The highest BCUT2D eigenvalue weighted by atomic mass is 19.1. The lowest BCUT2D eigenvalue weighted by Gasteiger charge is -2.55. The van der Waals surface area contributed by atoms with Gasteiger partial charge < -0.3 is 19.6 Å². The number of carbonyl (C=O) groups excluding carboxylic acids is 1. The van der Waals surface area contributed by atoms with Crippen LogP contribution in [0.1, 0.15) is 123 Å². The lowest BCUT2D eigenvalue weighted by atomic mass is 9.50. The van der Waals surface area contributed by atoms with Crippen LogP contribution in [-0.2, 0) is 15.9 Å². The van der Waals surface area contributed by atoms with Gasteiger partial charge in [0.2, 0.25) is 5.91 Å². The van der Waals surface area contributed by atoms with Crippen molar-refractivity contribution >= 4 is 17.2 Å². The summed E-state index contributed by atoms with van der Waals surface area (Å²) in [6.07, 6.45) is 12.1. The summed E-state index contributed by atoms with van der Waals surface area (Å²) >= 11 is 0. The van der Waals surface area contributed by atoms with Gasteiger partial charge in [-0.2, -0.15) is 4.98 Å². The number of alkyl halides is 1. The molecule has 6 aliphatic rings. The van der Waals surface area contributed by atoms with Gasteiger partial charge in [-0.3, -0.25) is 4.79 Å². The number of benzene rings is 1. The maximum atomic E-state index is 14.5. The van der Waals surface area contributed by atoms with Gasteiger partial charge in [0.15, 0.2) is 11.5 Å². The third kappa shape index (κ3) is 5.14. The number of carbonyl (C=O) groups is 1. The van der Waals surface area contributed by atoms with Gasteiger partial charge in [0.25, 0.3) is 5.89 Å². The standard InChI is InChI=1S/C36H48FN3O4/c1-31(2,37)30-38-29(39-44-30)36-12-9-34(10-13-36,11-14-36)22-40(28(41)25-16-33(5,43)17-25)27-8-6-7-23(15-27)24-18-35(19-24)20-26(21-35)32(3,4)42/h6-8,15,18,25-26,42-43H,9-14,16-17,19-22H2,1-5H3/t25-,26?,33+,34?,35?,36?. The zero-order valence-electron chi connectivity index (χ0n) is 27.0. The number of hydrogen-bond acceptors (Lipinski definition) is 6. The highest BCUT2D eigenvalue weighted by Crippen LogP contribution is 2.62. The van der Waals surface area contributed by atoms with E-state index in [1.807, 2.05) is 25.7 Å². The lowest BCUT2D eigenvalue weighted by molar-refractivity contribution is -0.137. The molecule has 0 saturated heterocycles. The topological polar surface area (TPSA) is 99.7 Å². The first-order chi connectivity index (χ1) is 20.5. The summed E-state index contributed by atoms with van der Waals surface area (Å²) in [5, 5.41) is 25.1. The fourth-order valence-electron chi connectivity index (χ4n) is 9.01. The molecule has 2 bridgehead atoms. The van der Waals surface area contributed by atoms with Crippen molar-refractivity contribution in [2.45, 2.75) is 128 Å². The van der Waals surface area contributed by atoms with E-state index in [1.54, 1.807) is 0 Å². The van der Waals surface area contributed by atoms with E-state index in [1.165, 1.54) is 25.0 Å². The van der Waals surface area contributed by atoms with Gasteiger partial charge in [-0.15, -0.1) is 0 Å². The predicted octanol–water partition coefficient (Wildman–Crippen LogP) is 7.01.